The summed E-state index contributed by atoms with van der Waals surface area (Å²) in [5, 5.41) is 19.2. The second-order valence-corrected chi connectivity index (χ2v) is 7.99. The molecule has 0 radical (unpaired) electrons. The average molecular weight is 463 g/mol. The highest BCUT2D eigenvalue weighted by atomic mass is 35.5. The van der Waals surface area contributed by atoms with Gasteiger partial charge in [0.15, 0.2) is 0 Å². The SMILES string of the molecule is CCn1cc(C(CNc2cc(-c3ccc(Cl)c([N+](=O)[O-])c3)nc(C)n2)c2ccccc2)cn1. The normalized spacial score (nSPS) is 11.8. The van der Waals surface area contributed by atoms with Crippen LogP contribution in [0.5, 0.6) is 0 Å². The first-order valence-corrected chi connectivity index (χ1v) is 10.9. The number of hydrogen-bond acceptors (Lipinski definition) is 6. The molecule has 0 aliphatic heterocycles. The molecule has 0 fully saturated rings. The third-order valence-electron chi connectivity index (χ3n) is 5.35. The van der Waals surface area contributed by atoms with Crippen molar-refractivity contribution >= 4 is 23.1 Å². The first-order valence-electron chi connectivity index (χ1n) is 10.6. The van der Waals surface area contributed by atoms with Crippen molar-refractivity contribution in [1.82, 2.24) is 19.7 Å². The van der Waals surface area contributed by atoms with Gasteiger partial charge in [0.05, 0.1) is 16.8 Å². The third-order valence-corrected chi connectivity index (χ3v) is 5.66. The van der Waals surface area contributed by atoms with E-state index in [4.69, 9.17) is 11.6 Å². The summed E-state index contributed by atoms with van der Waals surface area (Å²) in [7, 11) is 0. The molecular formula is C24H23ClN6O2. The highest BCUT2D eigenvalue weighted by Crippen LogP contribution is 2.31. The Morgan fingerprint density at radius 1 is 1.12 bits per heavy atom. The maximum Gasteiger partial charge on any atom is 0.288 e. The molecule has 33 heavy (non-hydrogen) atoms. The van der Waals surface area contributed by atoms with E-state index in [9.17, 15) is 10.1 Å². The molecule has 1 atom stereocenters. The lowest BCUT2D eigenvalue weighted by Crippen LogP contribution is -2.15. The molecule has 2 heterocycles. The van der Waals surface area contributed by atoms with Crippen LogP contribution in [0.3, 0.4) is 0 Å². The Morgan fingerprint density at radius 2 is 1.91 bits per heavy atom. The van der Waals surface area contributed by atoms with Crippen LogP contribution in [0.2, 0.25) is 5.02 Å². The van der Waals surface area contributed by atoms with Gasteiger partial charge in [-0.25, -0.2) is 9.97 Å². The smallest absolute Gasteiger partial charge is 0.288 e. The number of nitrogens with one attached hydrogen (secondary N) is 1. The van der Waals surface area contributed by atoms with E-state index >= 15 is 0 Å². The highest BCUT2D eigenvalue weighted by Gasteiger charge is 2.18. The summed E-state index contributed by atoms with van der Waals surface area (Å²) >= 11 is 5.96. The Morgan fingerprint density at radius 3 is 2.61 bits per heavy atom. The summed E-state index contributed by atoms with van der Waals surface area (Å²) < 4.78 is 1.91. The van der Waals surface area contributed by atoms with Gasteiger partial charge in [0.2, 0.25) is 0 Å². The van der Waals surface area contributed by atoms with Gasteiger partial charge < -0.3 is 5.32 Å². The highest BCUT2D eigenvalue weighted by molar-refractivity contribution is 6.32. The van der Waals surface area contributed by atoms with Crippen molar-refractivity contribution < 1.29 is 4.92 Å². The maximum atomic E-state index is 11.3. The molecule has 0 aliphatic carbocycles. The van der Waals surface area contributed by atoms with Gasteiger partial charge in [-0.15, -0.1) is 0 Å². The maximum absolute atomic E-state index is 11.3. The molecule has 0 saturated heterocycles. The second-order valence-electron chi connectivity index (χ2n) is 7.58. The Kier molecular flexibility index (Phi) is 6.65. The van der Waals surface area contributed by atoms with Crippen molar-refractivity contribution in [3.8, 4) is 11.3 Å². The van der Waals surface area contributed by atoms with Gasteiger partial charge in [0.1, 0.15) is 16.7 Å². The minimum absolute atomic E-state index is 0.0711. The van der Waals surface area contributed by atoms with E-state index in [1.165, 1.54) is 17.7 Å². The summed E-state index contributed by atoms with van der Waals surface area (Å²) in [5.41, 5.74) is 3.30. The van der Waals surface area contributed by atoms with Crippen LogP contribution in [-0.4, -0.2) is 31.2 Å². The van der Waals surface area contributed by atoms with E-state index in [0.29, 0.717) is 29.4 Å². The molecule has 4 rings (SSSR count). The van der Waals surface area contributed by atoms with E-state index in [2.05, 4.69) is 45.6 Å². The van der Waals surface area contributed by atoms with Gasteiger partial charge >= 0.3 is 0 Å². The first kappa shape index (κ1) is 22.4. The number of aryl methyl sites for hydroxylation is 2. The summed E-state index contributed by atoms with van der Waals surface area (Å²) in [6, 6.07) is 16.7. The molecule has 9 heteroatoms. The van der Waals surface area contributed by atoms with E-state index in [1.807, 2.05) is 29.1 Å². The molecule has 2 aromatic heterocycles. The number of hydrogen-bond donors (Lipinski definition) is 1. The quantitative estimate of drug-likeness (QED) is 0.275. The molecule has 2 aromatic carbocycles. The van der Waals surface area contributed by atoms with E-state index < -0.39 is 4.92 Å². The fraction of sp³-hybridized carbons (Fsp3) is 0.208. The van der Waals surface area contributed by atoms with Gasteiger partial charge in [-0.2, -0.15) is 5.10 Å². The Bertz CT molecular complexity index is 1280. The van der Waals surface area contributed by atoms with Crippen LogP contribution in [0.15, 0.2) is 67.0 Å². The summed E-state index contributed by atoms with van der Waals surface area (Å²) in [6.45, 7) is 5.24. The van der Waals surface area contributed by atoms with Crippen molar-refractivity contribution in [2.45, 2.75) is 26.3 Å². The van der Waals surface area contributed by atoms with Gasteiger partial charge in [-0.1, -0.05) is 48.0 Å². The number of nitro groups is 1. The summed E-state index contributed by atoms with van der Waals surface area (Å²) in [6.07, 6.45) is 3.95. The van der Waals surface area contributed by atoms with Gasteiger partial charge in [-0.05, 0) is 31.0 Å². The zero-order valence-electron chi connectivity index (χ0n) is 18.3. The van der Waals surface area contributed by atoms with Crippen LogP contribution in [0.25, 0.3) is 11.3 Å². The Hall–Kier alpha value is -3.78. The van der Waals surface area contributed by atoms with Crippen LogP contribution in [-0.2, 0) is 6.54 Å². The van der Waals surface area contributed by atoms with Crippen LogP contribution in [0, 0.1) is 17.0 Å². The van der Waals surface area contributed by atoms with E-state index in [0.717, 1.165) is 12.1 Å². The van der Waals surface area contributed by atoms with Crippen molar-refractivity contribution in [3.05, 3.63) is 99.1 Å². The topological polar surface area (TPSA) is 98.8 Å². The molecule has 8 nitrogen and oxygen atoms in total. The summed E-state index contributed by atoms with van der Waals surface area (Å²) in [5.74, 6) is 1.27. The lowest BCUT2D eigenvalue weighted by Gasteiger charge is -2.18. The molecule has 0 bridgehead atoms. The lowest BCUT2D eigenvalue weighted by atomic mass is 9.93. The van der Waals surface area contributed by atoms with E-state index in [1.54, 1.807) is 19.1 Å². The molecule has 0 saturated carbocycles. The molecule has 1 unspecified atom stereocenters. The first-order chi connectivity index (χ1) is 15.9. The molecule has 0 aliphatic rings. The number of halogens is 1. The molecule has 1 N–H and O–H groups in total. The third kappa shape index (κ3) is 5.18. The van der Waals surface area contributed by atoms with Crippen LogP contribution in [0.1, 0.15) is 29.8 Å². The fourth-order valence-corrected chi connectivity index (χ4v) is 3.86. The van der Waals surface area contributed by atoms with Gasteiger partial charge in [-0.3, -0.25) is 14.8 Å². The summed E-state index contributed by atoms with van der Waals surface area (Å²) in [4.78, 5) is 19.8. The second kappa shape index (κ2) is 9.79. The van der Waals surface area contributed by atoms with Crippen LogP contribution in [0.4, 0.5) is 11.5 Å². The monoisotopic (exact) mass is 462 g/mol. The van der Waals surface area contributed by atoms with Crippen molar-refractivity contribution in [2.75, 3.05) is 11.9 Å². The number of anilines is 1. The molecule has 0 spiro atoms. The predicted molar refractivity (Wildman–Crippen MR) is 129 cm³/mol. The zero-order valence-corrected chi connectivity index (χ0v) is 19.0. The lowest BCUT2D eigenvalue weighted by molar-refractivity contribution is -0.384. The molecular weight excluding hydrogens is 440 g/mol. The number of benzene rings is 2. The van der Waals surface area contributed by atoms with Gasteiger partial charge in [0, 0.05) is 42.9 Å². The van der Waals surface area contributed by atoms with Crippen molar-refractivity contribution in [2.24, 2.45) is 0 Å². The standard InChI is InChI=1S/C24H23ClN6O2/c1-3-30-15-19(13-27-30)20(17-7-5-4-6-8-17)14-26-24-12-22(28-16(2)29-24)18-9-10-21(25)23(11-18)31(32)33/h4-13,15,20H,3,14H2,1-2H3,(H,26,28,29). The number of nitrogens with zero attached hydrogens (tertiary/aromatic N) is 5. The number of rotatable bonds is 8. The predicted octanol–water partition coefficient (Wildman–Crippen LogP) is 5.47. The van der Waals surface area contributed by atoms with Crippen molar-refractivity contribution in [1.29, 1.82) is 0 Å². The van der Waals surface area contributed by atoms with Crippen molar-refractivity contribution in [3.63, 3.8) is 0 Å². The average Bonchev–Trinajstić information content (AvgIpc) is 3.29. The minimum Gasteiger partial charge on any atom is -0.369 e. The molecule has 4 aromatic rings. The number of aromatic nitrogens is 4. The van der Waals surface area contributed by atoms with Crippen LogP contribution >= 0.6 is 11.6 Å². The van der Waals surface area contributed by atoms with Crippen LogP contribution < -0.4 is 5.32 Å². The Labute approximate surface area is 196 Å². The number of nitro benzene ring substituents is 1. The van der Waals surface area contributed by atoms with E-state index in [-0.39, 0.29) is 16.6 Å². The minimum atomic E-state index is -0.500. The zero-order chi connectivity index (χ0) is 23.4. The fourth-order valence-electron chi connectivity index (χ4n) is 3.67. The Balaban J connectivity index is 1.62. The molecule has 168 valence electrons. The molecule has 0 amide bonds. The largest absolute Gasteiger partial charge is 0.369 e. The van der Waals surface area contributed by atoms with Gasteiger partial charge in [0.25, 0.3) is 5.69 Å².